The summed E-state index contributed by atoms with van der Waals surface area (Å²) in [5, 5.41) is 0. The standard InChI is InChI=1S/C9H17N3O2/c1-6-3-4-12(7(2)5-6)9(14)8(13)11-10/h6-7H,3-5,10H2,1-2H3,(H,11,13). The summed E-state index contributed by atoms with van der Waals surface area (Å²) in [6.07, 6.45) is 1.90. The van der Waals surface area contributed by atoms with E-state index in [0.717, 1.165) is 12.8 Å². The molecular weight excluding hydrogens is 182 g/mol. The van der Waals surface area contributed by atoms with Crippen LogP contribution in [0.25, 0.3) is 0 Å². The number of hydrogen-bond donors (Lipinski definition) is 2. The van der Waals surface area contributed by atoms with Gasteiger partial charge in [0.25, 0.3) is 0 Å². The molecule has 1 fully saturated rings. The molecule has 1 aliphatic rings. The van der Waals surface area contributed by atoms with Gasteiger partial charge in [-0.15, -0.1) is 0 Å². The number of amides is 2. The highest BCUT2D eigenvalue weighted by Crippen LogP contribution is 2.21. The molecule has 2 amide bonds. The number of hydrazine groups is 1. The van der Waals surface area contributed by atoms with E-state index in [9.17, 15) is 9.59 Å². The molecule has 0 aromatic carbocycles. The molecule has 0 bridgehead atoms. The molecule has 2 unspecified atom stereocenters. The van der Waals surface area contributed by atoms with E-state index in [4.69, 9.17) is 5.84 Å². The van der Waals surface area contributed by atoms with Crippen LogP contribution in [0.4, 0.5) is 0 Å². The van der Waals surface area contributed by atoms with Gasteiger partial charge >= 0.3 is 11.8 Å². The third-order valence-electron chi connectivity index (χ3n) is 2.72. The first kappa shape index (κ1) is 11.0. The molecule has 1 heterocycles. The number of nitrogens with zero attached hydrogens (tertiary/aromatic N) is 1. The van der Waals surface area contributed by atoms with Crippen molar-refractivity contribution in [1.82, 2.24) is 10.3 Å². The molecule has 5 heteroatoms. The van der Waals surface area contributed by atoms with Crippen LogP contribution in [0.1, 0.15) is 26.7 Å². The Balaban J connectivity index is 2.60. The van der Waals surface area contributed by atoms with Gasteiger partial charge in [-0.3, -0.25) is 15.0 Å². The largest absolute Gasteiger partial charge is 0.332 e. The van der Waals surface area contributed by atoms with Gasteiger partial charge in [-0.25, -0.2) is 5.84 Å². The molecule has 2 atom stereocenters. The van der Waals surface area contributed by atoms with E-state index in [1.807, 2.05) is 12.3 Å². The maximum atomic E-state index is 11.5. The lowest BCUT2D eigenvalue weighted by atomic mass is 9.93. The Hall–Kier alpha value is -1.10. The number of nitrogens with one attached hydrogen (secondary N) is 1. The van der Waals surface area contributed by atoms with Crippen LogP contribution in [-0.4, -0.2) is 29.3 Å². The molecule has 0 spiro atoms. The van der Waals surface area contributed by atoms with Crippen LogP contribution >= 0.6 is 0 Å². The van der Waals surface area contributed by atoms with Crippen LogP contribution < -0.4 is 11.3 Å². The molecule has 5 nitrogen and oxygen atoms in total. The lowest BCUT2D eigenvalue weighted by Gasteiger charge is -2.35. The summed E-state index contributed by atoms with van der Waals surface area (Å²) in [6, 6.07) is 0.128. The van der Waals surface area contributed by atoms with E-state index < -0.39 is 11.8 Å². The van der Waals surface area contributed by atoms with Crippen molar-refractivity contribution in [2.75, 3.05) is 6.54 Å². The quantitative estimate of drug-likeness (QED) is 0.242. The first-order valence-corrected chi connectivity index (χ1v) is 4.87. The number of rotatable bonds is 0. The van der Waals surface area contributed by atoms with Crippen LogP contribution in [-0.2, 0) is 9.59 Å². The summed E-state index contributed by atoms with van der Waals surface area (Å²) in [5.41, 5.74) is 1.86. The Morgan fingerprint density at radius 3 is 2.57 bits per heavy atom. The second-order valence-electron chi connectivity index (χ2n) is 3.95. The molecule has 80 valence electrons. The molecular formula is C9H17N3O2. The van der Waals surface area contributed by atoms with E-state index in [1.54, 1.807) is 4.90 Å². The SMILES string of the molecule is CC1CCN(C(=O)C(=O)NN)C(C)C1. The van der Waals surface area contributed by atoms with Gasteiger partial charge in [0.1, 0.15) is 0 Å². The van der Waals surface area contributed by atoms with Crippen molar-refractivity contribution in [3.8, 4) is 0 Å². The number of nitrogens with two attached hydrogens (primary N) is 1. The molecule has 1 saturated heterocycles. The molecule has 1 rings (SSSR count). The van der Waals surface area contributed by atoms with Gasteiger partial charge in [0.05, 0.1) is 0 Å². The molecule has 0 saturated carbocycles. The molecule has 0 aliphatic carbocycles. The summed E-state index contributed by atoms with van der Waals surface area (Å²) >= 11 is 0. The smallest absolute Gasteiger partial charge is 0.323 e. The van der Waals surface area contributed by atoms with E-state index in [0.29, 0.717) is 12.5 Å². The topological polar surface area (TPSA) is 75.4 Å². The van der Waals surface area contributed by atoms with E-state index in [1.165, 1.54) is 0 Å². The summed E-state index contributed by atoms with van der Waals surface area (Å²) < 4.78 is 0. The fraction of sp³-hybridized carbons (Fsp3) is 0.778. The summed E-state index contributed by atoms with van der Waals surface area (Å²) in [7, 11) is 0. The van der Waals surface area contributed by atoms with Crippen molar-refractivity contribution in [3.05, 3.63) is 0 Å². The Bertz CT molecular complexity index is 242. The minimum Gasteiger partial charge on any atom is -0.332 e. The van der Waals surface area contributed by atoms with Gasteiger partial charge in [0.2, 0.25) is 0 Å². The number of piperidine rings is 1. The van der Waals surface area contributed by atoms with E-state index >= 15 is 0 Å². The van der Waals surface area contributed by atoms with Crippen LogP contribution in [0.15, 0.2) is 0 Å². The van der Waals surface area contributed by atoms with Gasteiger partial charge in [-0.05, 0) is 25.7 Å². The molecule has 0 aromatic heterocycles. The maximum Gasteiger partial charge on any atom is 0.323 e. The van der Waals surface area contributed by atoms with Gasteiger partial charge in [-0.1, -0.05) is 6.92 Å². The van der Waals surface area contributed by atoms with Crippen molar-refractivity contribution < 1.29 is 9.59 Å². The Morgan fingerprint density at radius 1 is 1.43 bits per heavy atom. The van der Waals surface area contributed by atoms with Crippen molar-refractivity contribution in [3.63, 3.8) is 0 Å². The van der Waals surface area contributed by atoms with Crippen molar-refractivity contribution in [2.45, 2.75) is 32.7 Å². The Morgan fingerprint density at radius 2 is 2.07 bits per heavy atom. The molecule has 0 radical (unpaired) electrons. The lowest BCUT2D eigenvalue weighted by Crippen LogP contribution is -2.51. The third-order valence-corrected chi connectivity index (χ3v) is 2.72. The normalized spacial score (nSPS) is 27.2. The summed E-state index contributed by atoms with van der Waals surface area (Å²) in [6.45, 7) is 4.76. The van der Waals surface area contributed by atoms with Crippen LogP contribution in [0, 0.1) is 5.92 Å². The minimum absolute atomic E-state index is 0.128. The number of carbonyl (C=O) groups is 2. The number of likely N-dealkylation sites (tertiary alicyclic amines) is 1. The zero-order valence-electron chi connectivity index (χ0n) is 8.62. The first-order valence-electron chi connectivity index (χ1n) is 4.87. The second kappa shape index (κ2) is 4.41. The molecule has 1 aliphatic heterocycles. The van der Waals surface area contributed by atoms with Crippen LogP contribution in [0.2, 0.25) is 0 Å². The average molecular weight is 199 g/mol. The van der Waals surface area contributed by atoms with Gasteiger partial charge in [0, 0.05) is 12.6 Å². The minimum atomic E-state index is -0.730. The number of carbonyl (C=O) groups excluding carboxylic acids is 2. The fourth-order valence-corrected chi connectivity index (χ4v) is 1.90. The monoisotopic (exact) mass is 199 g/mol. The Kier molecular flexibility index (Phi) is 3.46. The van der Waals surface area contributed by atoms with Crippen molar-refractivity contribution in [2.24, 2.45) is 11.8 Å². The Labute approximate surface area is 83.6 Å². The zero-order valence-corrected chi connectivity index (χ0v) is 8.62. The van der Waals surface area contributed by atoms with Gasteiger partial charge < -0.3 is 4.90 Å². The number of hydrogen-bond acceptors (Lipinski definition) is 3. The summed E-state index contributed by atoms with van der Waals surface area (Å²) in [4.78, 5) is 24.1. The maximum absolute atomic E-state index is 11.5. The average Bonchev–Trinajstić information content (AvgIpc) is 2.15. The first-order chi connectivity index (χ1) is 6.56. The zero-order chi connectivity index (χ0) is 10.7. The molecule has 0 aromatic rings. The van der Waals surface area contributed by atoms with E-state index in [2.05, 4.69) is 6.92 Å². The third kappa shape index (κ3) is 2.23. The van der Waals surface area contributed by atoms with Crippen LogP contribution in [0.5, 0.6) is 0 Å². The fourth-order valence-electron chi connectivity index (χ4n) is 1.90. The highest BCUT2D eigenvalue weighted by atomic mass is 16.2. The molecule has 3 N–H and O–H groups in total. The van der Waals surface area contributed by atoms with E-state index in [-0.39, 0.29) is 6.04 Å². The lowest BCUT2D eigenvalue weighted by molar-refractivity contribution is -0.148. The van der Waals surface area contributed by atoms with Crippen molar-refractivity contribution >= 4 is 11.8 Å². The second-order valence-corrected chi connectivity index (χ2v) is 3.95. The van der Waals surface area contributed by atoms with Crippen molar-refractivity contribution in [1.29, 1.82) is 0 Å². The van der Waals surface area contributed by atoms with Gasteiger partial charge in [-0.2, -0.15) is 0 Å². The predicted molar refractivity (Wildman–Crippen MR) is 51.9 cm³/mol. The highest BCUT2D eigenvalue weighted by Gasteiger charge is 2.29. The summed E-state index contributed by atoms with van der Waals surface area (Å²) in [5.74, 6) is 4.27. The van der Waals surface area contributed by atoms with Crippen LogP contribution in [0.3, 0.4) is 0 Å². The van der Waals surface area contributed by atoms with Gasteiger partial charge in [0.15, 0.2) is 0 Å². The highest BCUT2D eigenvalue weighted by molar-refractivity contribution is 6.34. The molecule has 14 heavy (non-hydrogen) atoms. The predicted octanol–water partition coefficient (Wildman–Crippen LogP) is -0.377.